The molecule has 186 valence electrons. The number of amides is 3. The number of carbonyl (C=O) groups is 3. The molecule has 0 aliphatic carbocycles. The fourth-order valence-electron chi connectivity index (χ4n) is 4.90. The molecule has 10 heteroatoms. The van der Waals surface area contributed by atoms with Crippen molar-refractivity contribution in [1.82, 2.24) is 4.90 Å². The smallest absolute Gasteiger partial charge is 0.340 e. The van der Waals surface area contributed by atoms with E-state index in [0.29, 0.717) is 52.4 Å². The van der Waals surface area contributed by atoms with Crippen LogP contribution in [0.3, 0.4) is 0 Å². The normalized spacial score (nSPS) is 16.8. The Morgan fingerprint density at radius 2 is 1.97 bits per heavy atom. The average Bonchev–Trinajstić information content (AvgIpc) is 3.33. The molecule has 1 fully saturated rings. The summed E-state index contributed by atoms with van der Waals surface area (Å²) in [6.45, 7) is 2.25. The minimum absolute atomic E-state index is 0.204. The summed E-state index contributed by atoms with van der Waals surface area (Å²) in [5.41, 5.74) is 1.51. The molecule has 0 saturated carbocycles. The number of ether oxygens (including phenoxy) is 2. The molecule has 1 saturated heterocycles. The minimum Gasteiger partial charge on any atom is -0.493 e. The lowest BCUT2D eigenvalue weighted by molar-refractivity contribution is -0.119. The Hall–Kier alpha value is -4.34. The van der Waals surface area contributed by atoms with E-state index >= 15 is 0 Å². The van der Waals surface area contributed by atoms with Crippen LogP contribution in [-0.2, 0) is 16.0 Å². The molecule has 0 radical (unpaired) electrons. The summed E-state index contributed by atoms with van der Waals surface area (Å²) < 4.78 is 16.1. The summed E-state index contributed by atoms with van der Waals surface area (Å²) in [6.07, 6.45) is 1.16. The van der Waals surface area contributed by atoms with Gasteiger partial charge in [-0.15, -0.1) is 0 Å². The maximum Gasteiger partial charge on any atom is 0.340 e. The van der Waals surface area contributed by atoms with Gasteiger partial charge in [-0.1, -0.05) is 0 Å². The van der Waals surface area contributed by atoms with Gasteiger partial charge in [-0.3, -0.25) is 14.4 Å². The quantitative estimate of drug-likeness (QED) is 0.526. The van der Waals surface area contributed by atoms with Crippen LogP contribution in [0.4, 0.5) is 11.4 Å². The predicted molar refractivity (Wildman–Crippen MR) is 132 cm³/mol. The van der Waals surface area contributed by atoms with Gasteiger partial charge < -0.3 is 29.4 Å². The van der Waals surface area contributed by atoms with Gasteiger partial charge in [-0.2, -0.15) is 0 Å². The fourth-order valence-corrected chi connectivity index (χ4v) is 4.90. The highest BCUT2D eigenvalue weighted by atomic mass is 16.5. The number of benzene rings is 2. The molecular formula is C26H25N3O7. The Kier molecular flexibility index (Phi) is 5.87. The third-order valence-electron chi connectivity index (χ3n) is 6.74. The van der Waals surface area contributed by atoms with Crippen LogP contribution in [0.25, 0.3) is 11.0 Å². The maximum absolute atomic E-state index is 13.1. The van der Waals surface area contributed by atoms with Crippen molar-refractivity contribution in [1.29, 1.82) is 0 Å². The lowest BCUT2D eigenvalue weighted by Crippen LogP contribution is -2.40. The minimum atomic E-state index is -0.651. The summed E-state index contributed by atoms with van der Waals surface area (Å²) in [4.78, 5) is 52.8. The molecular weight excluding hydrogens is 466 g/mol. The third-order valence-corrected chi connectivity index (χ3v) is 6.74. The van der Waals surface area contributed by atoms with Crippen LogP contribution < -0.4 is 25.7 Å². The van der Waals surface area contributed by atoms with E-state index in [1.165, 1.54) is 14.2 Å². The van der Waals surface area contributed by atoms with Crippen molar-refractivity contribution in [3.8, 4) is 11.5 Å². The number of hydrogen-bond acceptors (Lipinski definition) is 7. The summed E-state index contributed by atoms with van der Waals surface area (Å²) >= 11 is 0. The fraction of sp³-hybridized carbons (Fsp3) is 0.308. The van der Waals surface area contributed by atoms with E-state index in [1.807, 2.05) is 0 Å². The average molecular weight is 492 g/mol. The number of nitrogens with zero attached hydrogens (tertiary/aromatic N) is 1. The first-order valence-corrected chi connectivity index (χ1v) is 11.6. The van der Waals surface area contributed by atoms with Crippen LogP contribution in [-0.4, -0.2) is 49.4 Å². The molecule has 1 aromatic heterocycles. The van der Waals surface area contributed by atoms with Crippen molar-refractivity contribution >= 4 is 40.1 Å². The molecule has 3 amide bonds. The van der Waals surface area contributed by atoms with Crippen LogP contribution in [0.5, 0.6) is 11.5 Å². The van der Waals surface area contributed by atoms with Gasteiger partial charge in [-0.25, -0.2) is 4.79 Å². The third kappa shape index (κ3) is 3.84. The Bertz CT molecular complexity index is 1480. The summed E-state index contributed by atoms with van der Waals surface area (Å²) in [5.74, 6) is -0.184. The first kappa shape index (κ1) is 23.4. The van der Waals surface area contributed by atoms with Crippen LogP contribution in [0.1, 0.15) is 34.3 Å². The van der Waals surface area contributed by atoms with E-state index in [9.17, 15) is 19.2 Å². The van der Waals surface area contributed by atoms with E-state index in [1.54, 1.807) is 42.2 Å². The Labute approximate surface area is 206 Å². The maximum atomic E-state index is 13.1. The zero-order valence-corrected chi connectivity index (χ0v) is 20.1. The number of fused-ring (bicyclic) bond motifs is 3. The van der Waals surface area contributed by atoms with Gasteiger partial charge in [0.05, 0.1) is 37.5 Å². The Morgan fingerprint density at radius 1 is 1.17 bits per heavy atom. The molecule has 2 N–H and O–H groups in total. The second-order valence-electron chi connectivity index (χ2n) is 8.80. The van der Waals surface area contributed by atoms with Gasteiger partial charge >= 0.3 is 5.63 Å². The number of methoxy groups -OCH3 is 2. The van der Waals surface area contributed by atoms with E-state index in [4.69, 9.17) is 13.9 Å². The zero-order valence-electron chi connectivity index (χ0n) is 20.1. The Balaban J connectivity index is 1.41. The van der Waals surface area contributed by atoms with Crippen LogP contribution in [0.2, 0.25) is 0 Å². The van der Waals surface area contributed by atoms with Gasteiger partial charge in [0, 0.05) is 17.6 Å². The molecule has 0 spiro atoms. The van der Waals surface area contributed by atoms with E-state index in [2.05, 4.69) is 10.6 Å². The van der Waals surface area contributed by atoms with Crippen molar-refractivity contribution in [3.63, 3.8) is 0 Å². The van der Waals surface area contributed by atoms with Crippen molar-refractivity contribution in [2.75, 3.05) is 31.4 Å². The second-order valence-corrected chi connectivity index (χ2v) is 8.80. The van der Waals surface area contributed by atoms with Crippen LogP contribution >= 0.6 is 0 Å². The monoisotopic (exact) mass is 491 g/mol. The lowest BCUT2D eigenvalue weighted by Gasteiger charge is -2.20. The molecule has 1 atom stereocenters. The van der Waals surface area contributed by atoms with Gasteiger partial charge in [-0.05, 0) is 55.7 Å². The van der Waals surface area contributed by atoms with E-state index in [-0.39, 0.29) is 29.4 Å². The number of hydrogen-bond donors (Lipinski definition) is 2. The molecule has 5 rings (SSSR count). The predicted octanol–water partition coefficient (Wildman–Crippen LogP) is 2.86. The van der Waals surface area contributed by atoms with Crippen molar-refractivity contribution in [3.05, 3.63) is 57.4 Å². The van der Waals surface area contributed by atoms with E-state index < -0.39 is 17.6 Å². The SMILES string of the molecule is COc1ccc2c(C)c(CC(=O)Nc3ccc4c(c3)C(=O)N3CCC[C@H]3C(=O)N4)c(=O)oc2c1OC. The zero-order chi connectivity index (χ0) is 25.6. The van der Waals surface area contributed by atoms with Gasteiger partial charge in [0.15, 0.2) is 11.3 Å². The van der Waals surface area contributed by atoms with Crippen molar-refractivity contribution in [2.45, 2.75) is 32.2 Å². The number of nitrogens with one attached hydrogen (secondary N) is 2. The van der Waals surface area contributed by atoms with Crippen molar-refractivity contribution < 1.29 is 28.3 Å². The first-order chi connectivity index (χ1) is 17.3. The first-order valence-electron chi connectivity index (χ1n) is 11.6. The Morgan fingerprint density at radius 3 is 2.72 bits per heavy atom. The molecule has 3 aromatic rings. The topological polar surface area (TPSA) is 127 Å². The van der Waals surface area contributed by atoms with Gasteiger partial charge in [0.25, 0.3) is 5.91 Å². The molecule has 10 nitrogen and oxygen atoms in total. The largest absolute Gasteiger partial charge is 0.493 e. The summed E-state index contributed by atoms with van der Waals surface area (Å²) in [7, 11) is 2.94. The van der Waals surface area contributed by atoms with Gasteiger partial charge in [0.2, 0.25) is 17.6 Å². The number of rotatable bonds is 5. The molecule has 2 aromatic carbocycles. The van der Waals surface area contributed by atoms with Gasteiger partial charge in [0.1, 0.15) is 6.04 Å². The number of aryl methyl sites for hydroxylation is 1. The second kappa shape index (κ2) is 9.03. The molecule has 36 heavy (non-hydrogen) atoms. The number of carbonyl (C=O) groups excluding carboxylic acids is 3. The standard InChI is InChI=1S/C26H25N3O7/c1-13-15-7-9-20(34-2)23(35-3)22(15)36-26(33)16(13)12-21(30)27-14-6-8-18-17(11-14)25(32)29-10-4-5-19(29)24(31)28-18/h6-9,11,19H,4-5,10,12H2,1-3H3,(H,27,30)(H,28,31)/t19-/m0/s1. The summed E-state index contributed by atoms with van der Waals surface area (Å²) in [6, 6.07) is 7.72. The summed E-state index contributed by atoms with van der Waals surface area (Å²) in [5, 5.41) is 6.18. The highest BCUT2D eigenvalue weighted by molar-refractivity contribution is 6.11. The highest BCUT2D eigenvalue weighted by Crippen LogP contribution is 2.36. The van der Waals surface area contributed by atoms with Crippen LogP contribution in [0, 0.1) is 6.92 Å². The van der Waals surface area contributed by atoms with E-state index in [0.717, 1.165) is 6.42 Å². The molecule has 0 bridgehead atoms. The molecule has 2 aliphatic heterocycles. The highest BCUT2D eigenvalue weighted by Gasteiger charge is 2.38. The van der Waals surface area contributed by atoms with Crippen LogP contribution in [0.15, 0.2) is 39.5 Å². The molecule has 3 heterocycles. The molecule has 0 unspecified atom stereocenters. The number of anilines is 2. The lowest BCUT2D eigenvalue weighted by atomic mass is 10.0. The molecule has 2 aliphatic rings. The van der Waals surface area contributed by atoms with Crippen molar-refractivity contribution in [2.24, 2.45) is 0 Å².